The van der Waals surface area contributed by atoms with Crippen LogP contribution < -0.4 is 5.32 Å². The third-order valence-electron chi connectivity index (χ3n) is 5.86. The number of nitrogens with zero attached hydrogens (tertiary/aromatic N) is 3. The van der Waals surface area contributed by atoms with Crippen LogP contribution in [0.4, 0.5) is 0 Å². The van der Waals surface area contributed by atoms with Gasteiger partial charge in [0.2, 0.25) is 5.91 Å². The lowest BCUT2D eigenvalue weighted by Gasteiger charge is -2.37. The predicted octanol–water partition coefficient (Wildman–Crippen LogP) is 2.24. The molecule has 0 saturated carbocycles. The maximum atomic E-state index is 12.7. The number of aryl methyl sites for hydroxylation is 1. The summed E-state index contributed by atoms with van der Waals surface area (Å²) in [5, 5.41) is 3.53. The Kier molecular flexibility index (Phi) is 7.31. The first-order valence-corrected chi connectivity index (χ1v) is 10.5. The van der Waals surface area contributed by atoms with Crippen LogP contribution >= 0.6 is 0 Å². The summed E-state index contributed by atoms with van der Waals surface area (Å²) in [7, 11) is 1.84. The van der Waals surface area contributed by atoms with Crippen molar-refractivity contribution in [3.8, 4) is 0 Å². The maximum Gasteiger partial charge on any atom is 0.225 e. The van der Waals surface area contributed by atoms with E-state index < -0.39 is 0 Å². The molecule has 0 spiro atoms. The second-order valence-corrected chi connectivity index (χ2v) is 7.94. The summed E-state index contributed by atoms with van der Waals surface area (Å²) in [5.41, 5.74) is 2.64. The summed E-state index contributed by atoms with van der Waals surface area (Å²) in [6.07, 6.45) is 1.79. The summed E-state index contributed by atoms with van der Waals surface area (Å²) in [5.74, 6) is 1.80. The van der Waals surface area contributed by atoms with Crippen LogP contribution in [-0.4, -0.2) is 74.7 Å². The Morgan fingerprint density at radius 3 is 2.57 bits per heavy atom. The number of ether oxygens (including phenoxy) is 1. The molecule has 28 heavy (non-hydrogen) atoms. The van der Waals surface area contributed by atoms with Crippen molar-refractivity contribution in [2.45, 2.75) is 32.6 Å². The highest BCUT2D eigenvalue weighted by Crippen LogP contribution is 2.21. The minimum atomic E-state index is 0.138. The second-order valence-electron chi connectivity index (χ2n) is 7.94. The first kappa shape index (κ1) is 20.6. The highest BCUT2D eigenvalue weighted by atomic mass is 16.5. The Hall–Kier alpha value is -2.08. The van der Waals surface area contributed by atoms with Crippen molar-refractivity contribution in [1.29, 1.82) is 0 Å². The van der Waals surface area contributed by atoms with Gasteiger partial charge >= 0.3 is 0 Å². The van der Waals surface area contributed by atoms with E-state index in [4.69, 9.17) is 4.74 Å². The minimum Gasteiger partial charge on any atom is -0.378 e. The zero-order valence-electron chi connectivity index (χ0n) is 17.5. The Bertz CT molecular complexity index is 677. The predicted molar refractivity (Wildman–Crippen MR) is 113 cm³/mol. The van der Waals surface area contributed by atoms with Crippen molar-refractivity contribution in [1.82, 2.24) is 15.1 Å². The molecule has 2 heterocycles. The average molecular weight is 387 g/mol. The molecule has 0 aliphatic carbocycles. The molecule has 2 aliphatic heterocycles. The Labute approximate surface area is 168 Å². The third kappa shape index (κ3) is 5.25. The van der Waals surface area contributed by atoms with E-state index >= 15 is 0 Å². The van der Waals surface area contributed by atoms with E-state index in [0.29, 0.717) is 25.0 Å². The van der Waals surface area contributed by atoms with Crippen LogP contribution in [0, 0.1) is 12.8 Å². The number of guanidine groups is 1. The van der Waals surface area contributed by atoms with E-state index in [1.807, 2.05) is 11.9 Å². The molecular weight excluding hydrogens is 352 g/mol. The molecule has 6 nitrogen and oxygen atoms in total. The number of hydrogen-bond acceptors (Lipinski definition) is 3. The van der Waals surface area contributed by atoms with Crippen LogP contribution in [0.2, 0.25) is 0 Å². The molecule has 2 fully saturated rings. The number of amides is 1. The molecule has 1 aromatic rings. The van der Waals surface area contributed by atoms with Crippen molar-refractivity contribution in [3.05, 3.63) is 35.4 Å². The summed E-state index contributed by atoms with van der Waals surface area (Å²) >= 11 is 0. The van der Waals surface area contributed by atoms with Gasteiger partial charge in [0.1, 0.15) is 0 Å². The number of carbonyl (C=O) groups excluding carboxylic acids is 1. The lowest BCUT2D eigenvalue weighted by atomic mass is 9.95. The van der Waals surface area contributed by atoms with Gasteiger partial charge in [0, 0.05) is 45.7 Å². The van der Waals surface area contributed by atoms with Crippen LogP contribution in [0.1, 0.15) is 36.8 Å². The number of nitrogens with one attached hydrogen (secondary N) is 1. The Morgan fingerprint density at radius 1 is 1.21 bits per heavy atom. The first-order valence-electron chi connectivity index (χ1n) is 10.5. The summed E-state index contributed by atoms with van der Waals surface area (Å²) in [6, 6.07) is 8.68. The van der Waals surface area contributed by atoms with E-state index in [9.17, 15) is 4.79 Å². The molecule has 1 unspecified atom stereocenters. The van der Waals surface area contributed by atoms with Gasteiger partial charge in [-0.1, -0.05) is 36.8 Å². The molecule has 3 rings (SSSR count). The third-order valence-corrected chi connectivity index (χ3v) is 5.86. The fourth-order valence-corrected chi connectivity index (χ4v) is 4.05. The van der Waals surface area contributed by atoms with Crippen molar-refractivity contribution in [2.24, 2.45) is 10.9 Å². The molecule has 1 atom stereocenters. The number of hydrogen-bond donors (Lipinski definition) is 1. The molecule has 6 heteroatoms. The van der Waals surface area contributed by atoms with E-state index in [1.54, 1.807) is 0 Å². The lowest BCUT2D eigenvalue weighted by molar-refractivity contribution is -0.140. The van der Waals surface area contributed by atoms with Crippen molar-refractivity contribution in [3.63, 3.8) is 0 Å². The smallest absolute Gasteiger partial charge is 0.225 e. The van der Waals surface area contributed by atoms with Gasteiger partial charge in [0.15, 0.2) is 5.96 Å². The fraction of sp³-hybridized carbons (Fsp3) is 0.636. The van der Waals surface area contributed by atoms with E-state index in [-0.39, 0.29) is 5.92 Å². The quantitative estimate of drug-likeness (QED) is 0.637. The van der Waals surface area contributed by atoms with E-state index in [2.05, 4.69) is 53.3 Å². The van der Waals surface area contributed by atoms with Gasteiger partial charge < -0.3 is 19.9 Å². The van der Waals surface area contributed by atoms with Gasteiger partial charge in [0.25, 0.3) is 0 Å². The van der Waals surface area contributed by atoms with Crippen LogP contribution in [0.5, 0.6) is 0 Å². The van der Waals surface area contributed by atoms with Crippen LogP contribution in [0.3, 0.4) is 0 Å². The Morgan fingerprint density at radius 2 is 1.93 bits per heavy atom. The number of likely N-dealkylation sites (tertiary alicyclic amines) is 1. The maximum absolute atomic E-state index is 12.7. The number of carbonyl (C=O) groups is 1. The van der Waals surface area contributed by atoms with Gasteiger partial charge in [-0.3, -0.25) is 9.79 Å². The fourth-order valence-electron chi connectivity index (χ4n) is 4.05. The van der Waals surface area contributed by atoms with Crippen molar-refractivity contribution >= 4 is 11.9 Å². The Balaban J connectivity index is 1.47. The summed E-state index contributed by atoms with van der Waals surface area (Å²) < 4.78 is 5.36. The number of piperidine rings is 1. The number of morpholine rings is 1. The first-order chi connectivity index (χ1) is 13.6. The minimum absolute atomic E-state index is 0.138. The van der Waals surface area contributed by atoms with Gasteiger partial charge in [-0.15, -0.1) is 0 Å². The van der Waals surface area contributed by atoms with Crippen LogP contribution in [0.25, 0.3) is 0 Å². The molecule has 154 valence electrons. The highest BCUT2D eigenvalue weighted by Gasteiger charge is 2.30. The van der Waals surface area contributed by atoms with Gasteiger partial charge in [0.05, 0.1) is 13.2 Å². The zero-order chi connectivity index (χ0) is 19.9. The lowest BCUT2D eigenvalue weighted by Crippen LogP contribution is -2.50. The molecule has 1 N–H and O–H groups in total. The van der Waals surface area contributed by atoms with E-state index in [0.717, 1.165) is 51.5 Å². The monoisotopic (exact) mass is 386 g/mol. The molecule has 2 saturated heterocycles. The molecule has 0 bridgehead atoms. The topological polar surface area (TPSA) is 57.2 Å². The van der Waals surface area contributed by atoms with Crippen molar-refractivity contribution < 1.29 is 9.53 Å². The van der Waals surface area contributed by atoms with E-state index in [1.165, 1.54) is 11.1 Å². The van der Waals surface area contributed by atoms with Crippen LogP contribution in [-0.2, 0) is 9.53 Å². The average Bonchev–Trinajstić information content (AvgIpc) is 2.74. The van der Waals surface area contributed by atoms with Gasteiger partial charge in [-0.2, -0.15) is 0 Å². The summed E-state index contributed by atoms with van der Waals surface area (Å²) in [4.78, 5) is 21.4. The normalized spacial score (nSPS) is 20.2. The number of benzene rings is 1. The summed E-state index contributed by atoms with van der Waals surface area (Å²) in [6.45, 7) is 9.77. The molecule has 0 radical (unpaired) electrons. The van der Waals surface area contributed by atoms with Gasteiger partial charge in [-0.25, -0.2) is 0 Å². The number of aliphatic imine (C=N–C) groups is 1. The highest BCUT2D eigenvalue weighted by molar-refractivity contribution is 5.81. The van der Waals surface area contributed by atoms with Gasteiger partial charge in [-0.05, 0) is 31.2 Å². The molecule has 0 aromatic heterocycles. The molecule has 1 amide bonds. The van der Waals surface area contributed by atoms with Crippen LogP contribution in [0.15, 0.2) is 29.3 Å². The van der Waals surface area contributed by atoms with Crippen molar-refractivity contribution in [2.75, 3.05) is 53.0 Å². The number of rotatable bonds is 4. The second kappa shape index (κ2) is 9.92. The molecule has 1 aromatic carbocycles. The molecule has 2 aliphatic rings. The molecular formula is C22H34N4O2. The standard InChI is InChI=1S/C22H34N4O2/c1-17-5-4-6-20(15-17)18(2)16-24-22(23-3)26-9-7-19(8-10-26)21(27)25-11-13-28-14-12-25/h4-6,15,18-19H,7-14,16H2,1-3H3,(H,23,24). The largest absolute Gasteiger partial charge is 0.378 e. The zero-order valence-corrected chi connectivity index (χ0v) is 17.5. The SMILES string of the molecule is CN=C(NCC(C)c1cccc(C)c1)N1CCC(C(=O)N2CCOCC2)CC1.